The Hall–Kier alpha value is -3.14. The van der Waals surface area contributed by atoms with Crippen LogP contribution in [0.4, 0.5) is 0 Å². The third-order valence-electron chi connectivity index (χ3n) is 4.92. The molecule has 0 radical (unpaired) electrons. The monoisotopic (exact) mass is 341 g/mol. The molecule has 128 valence electrons. The molecule has 0 amide bonds. The normalized spacial score (nSPS) is 15.8. The van der Waals surface area contributed by atoms with Crippen LogP contribution in [0.2, 0.25) is 0 Å². The number of rotatable bonds is 4. The van der Waals surface area contributed by atoms with Crippen LogP contribution in [-0.2, 0) is 19.4 Å². The Balaban J connectivity index is 1.33. The Morgan fingerprint density at radius 1 is 0.962 bits per heavy atom. The van der Waals surface area contributed by atoms with Crippen LogP contribution in [0.15, 0.2) is 73.2 Å². The van der Waals surface area contributed by atoms with Gasteiger partial charge in [0.1, 0.15) is 23.9 Å². The van der Waals surface area contributed by atoms with E-state index in [-0.39, 0.29) is 6.10 Å². The van der Waals surface area contributed by atoms with Gasteiger partial charge >= 0.3 is 0 Å². The van der Waals surface area contributed by atoms with Crippen LogP contribution < -0.4 is 4.74 Å². The van der Waals surface area contributed by atoms with Gasteiger partial charge in [0, 0.05) is 12.6 Å². The minimum Gasteiger partial charge on any atom is -0.488 e. The Morgan fingerprint density at radius 2 is 1.88 bits per heavy atom. The minimum absolute atomic E-state index is 0.129. The lowest BCUT2D eigenvalue weighted by atomic mass is 10.0. The average molecular weight is 341 g/mol. The molecule has 3 heterocycles. The number of fused-ring (bicyclic) bond motifs is 2. The third-order valence-corrected chi connectivity index (χ3v) is 4.92. The average Bonchev–Trinajstić information content (AvgIpc) is 3.29. The summed E-state index contributed by atoms with van der Waals surface area (Å²) in [4.78, 5) is 8.64. The van der Waals surface area contributed by atoms with E-state index >= 15 is 0 Å². The molecule has 4 nitrogen and oxygen atoms in total. The molecule has 0 bridgehead atoms. The van der Waals surface area contributed by atoms with Gasteiger partial charge in [-0.1, -0.05) is 42.5 Å². The van der Waals surface area contributed by atoms with Crippen molar-refractivity contribution in [1.29, 1.82) is 0 Å². The van der Waals surface area contributed by atoms with Crippen LogP contribution in [0.25, 0.3) is 11.5 Å². The highest BCUT2D eigenvalue weighted by molar-refractivity contribution is 5.50. The molecule has 26 heavy (non-hydrogen) atoms. The van der Waals surface area contributed by atoms with Crippen molar-refractivity contribution in [3.05, 3.63) is 89.9 Å². The molecule has 2 aromatic carbocycles. The summed E-state index contributed by atoms with van der Waals surface area (Å²) in [7, 11) is 0. The zero-order valence-electron chi connectivity index (χ0n) is 14.4. The van der Waals surface area contributed by atoms with Crippen LogP contribution in [0, 0.1) is 0 Å². The van der Waals surface area contributed by atoms with Crippen molar-refractivity contribution in [2.24, 2.45) is 0 Å². The fourth-order valence-electron chi connectivity index (χ4n) is 3.70. The van der Waals surface area contributed by atoms with E-state index in [2.05, 4.69) is 63.1 Å². The number of imidazole rings is 1. The number of pyridine rings is 1. The SMILES string of the molecule is c1ccc(Cc2ccc3c(c2)CC(Cn2cccc4ncnc2-4)O3)cc1. The molecule has 0 aromatic heterocycles. The fraction of sp³-hybridized carbons (Fsp3) is 0.182. The first kappa shape index (κ1) is 15.1. The van der Waals surface area contributed by atoms with Crippen molar-refractivity contribution in [3.8, 4) is 17.3 Å². The molecule has 0 fully saturated rings. The Bertz CT molecular complexity index is 1010. The summed E-state index contributed by atoms with van der Waals surface area (Å²) < 4.78 is 8.30. The molecule has 1 unspecified atom stereocenters. The van der Waals surface area contributed by atoms with Gasteiger partial charge in [-0.3, -0.25) is 0 Å². The van der Waals surface area contributed by atoms with E-state index in [1.807, 2.05) is 18.3 Å². The second-order valence-electron chi connectivity index (χ2n) is 6.79. The van der Waals surface area contributed by atoms with E-state index in [0.717, 1.165) is 36.7 Å². The lowest BCUT2D eigenvalue weighted by molar-refractivity contribution is 0.209. The summed E-state index contributed by atoms with van der Waals surface area (Å²) in [6.45, 7) is 0.777. The van der Waals surface area contributed by atoms with E-state index in [4.69, 9.17) is 4.74 Å². The predicted octanol–water partition coefficient (Wildman–Crippen LogP) is 3.98. The number of ether oxygens (including phenoxy) is 1. The quantitative estimate of drug-likeness (QED) is 0.564. The second kappa shape index (κ2) is 6.30. The molecule has 0 saturated heterocycles. The van der Waals surface area contributed by atoms with E-state index in [9.17, 15) is 0 Å². The van der Waals surface area contributed by atoms with Crippen LogP contribution >= 0.6 is 0 Å². The van der Waals surface area contributed by atoms with Crippen molar-refractivity contribution < 1.29 is 4.74 Å². The summed E-state index contributed by atoms with van der Waals surface area (Å²) in [5.74, 6) is 1.92. The number of nitrogens with zero attached hydrogens (tertiary/aromatic N) is 3. The maximum absolute atomic E-state index is 6.17. The van der Waals surface area contributed by atoms with Crippen molar-refractivity contribution in [3.63, 3.8) is 0 Å². The van der Waals surface area contributed by atoms with Crippen LogP contribution in [0.5, 0.6) is 5.75 Å². The fourth-order valence-corrected chi connectivity index (χ4v) is 3.70. The first-order valence-corrected chi connectivity index (χ1v) is 8.93. The number of hydrogen-bond acceptors (Lipinski definition) is 3. The van der Waals surface area contributed by atoms with E-state index < -0.39 is 0 Å². The van der Waals surface area contributed by atoms with Crippen LogP contribution in [0.3, 0.4) is 0 Å². The first-order valence-electron chi connectivity index (χ1n) is 8.93. The topological polar surface area (TPSA) is 39.9 Å². The van der Waals surface area contributed by atoms with E-state index in [1.165, 1.54) is 16.7 Å². The third kappa shape index (κ3) is 2.84. The summed E-state index contributed by atoms with van der Waals surface area (Å²) >= 11 is 0. The first-order chi connectivity index (χ1) is 12.8. The summed E-state index contributed by atoms with van der Waals surface area (Å²) in [6, 6.07) is 21.1. The van der Waals surface area contributed by atoms with Gasteiger partial charge in [-0.05, 0) is 41.3 Å². The largest absolute Gasteiger partial charge is 0.488 e. The molecule has 0 saturated carbocycles. The molecule has 3 aliphatic rings. The van der Waals surface area contributed by atoms with Gasteiger partial charge in [0.2, 0.25) is 0 Å². The molecule has 5 rings (SSSR count). The summed E-state index contributed by atoms with van der Waals surface area (Å²) in [5, 5.41) is 0. The summed E-state index contributed by atoms with van der Waals surface area (Å²) in [5.41, 5.74) is 4.88. The number of aromatic nitrogens is 3. The predicted molar refractivity (Wildman–Crippen MR) is 100 cm³/mol. The van der Waals surface area contributed by atoms with E-state index in [0.29, 0.717) is 0 Å². The molecule has 3 aliphatic heterocycles. The zero-order chi connectivity index (χ0) is 17.3. The maximum atomic E-state index is 6.17. The Labute approximate surface area is 152 Å². The molecule has 4 heteroatoms. The van der Waals surface area contributed by atoms with Gasteiger partial charge in [-0.15, -0.1) is 0 Å². The highest BCUT2D eigenvalue weighted by Crippen LogP contribution is 2.31. The molecule has 2 aromatic rings. The molecule has 0 spiro atoms. The highest BCUT2D eigenvalue weighted by atomic mass is 16.5. The Kier molecular flexibility index (Phi) is 3.67. The Morgan fingerprint density at radius 3 is 2.81 bits per heavy atom. The maximum Gasteiger partial charge on any atom is 0.160 e. The van der Waals surface area contributed by atoms with Crippen molar-refractivity contribution in [2.75, 3.05) is 0 Å². The summed E-state index contributed by atoms with van der Waals surface area (Å²) in [6.07, 6.45) is 5.67. The van der Waals surface area contributed by atoms with Gasteiger partial charge in [0.25, 0.3) is 0 Å². The van der Waals surface area contributed by atoms with Crippen molar-refractivity contribution in [1.82, 2.24) is 14.5 Å². The minimum atomic E-state index is 0.129. The van der Waals surface area contributed by atoms with E-state index in [1.54, 1.807) is 6.33 Å². The lowest BCUT2D eigenvalue weighted by Gasteiger charge is -2.15. The van der Waals surface area contributed by atoms with Gasteiger partial charge in [0.15, 0.2) is 5.82 Å². The highest BCUT2D eigenvalue weighted by Gasteiger charge is 2.24. The number of hydrogen-bond donors (Lipinski definition) is 0. The zero-order valence-corrected chi connectivity index (χ0v) is 14.4. The van der Waals surface area contributed by atoms with Crippen LogP contribution in [-0.4, -0.2) is 20.6 Å². The standard InChI is InChI=1S/C22H19N3O/c1-2-5-16(6-3-1)11-17-8-9-21-18(12-17)13-19(26-21)14-25-10-4-7-20-22(25)24-15-23-20/h1-10,12,15,19H,11,13-14H2. The van der Waals surface area contributed by atoms with Gasteiger partial charge in [0.05, 0.1) is 6.54 Å². The second-order valence-corrected chi connectivity index (χ2v) is 6.79. The van der Waals surface area contributed by atoms with Crippen molar-refractivity contribution >= 4 is 0 Å². The van der Waals surface area contributed by atoms with Gasteiger partial charge < -0.3 is 9.30 Å². The molecular weight excluding hydrogens is 322 g/mol. The molecule has 1 atom stereocenters. The van der Waals surface area contributed by atoms with Crippen molar-refractivity contribution in [2.45, 2.75) is 25.5 Å². The molecular formula is C22H19N3O. The van der Waals surface area contributed by atoms with Gasteiger partial charge in [-0.2, -0.15) is 0 Å². The molecule has 0 N–H and O–H groups in total. The molecule has 0 aliphatic carbocycles. The number of benzene rings is 2. The lowest BCUT2D eigenvalue weighted by Crippen LogP contribution is -2.21. The smallest absolute Gasteiger partial charge is 0.160 e. The van der Waals surface area contributed by atoms with Crippen LogP contribution in [0.1, 0.15) is 16.7 Å². The van der Waals surface area contributed by atoms with Gasteiger partial charge in [-0.25, -0.2) is 9.97 Å².